The van der Waals surface area contributed by atoms with Crippen LogP contribution >= 0.6 is 11.3 Å². The van der Waals surface area contributed by atoms with Crippen molar-refractivity contribution in [3.8, 4) is 32.0 Å². The largest absolute Gasteiger partial charge is 0.455 e. The van der Waals surface area contributed by atoms with Crippen molar-refractivity contribution in [2.45, 2.75) is 0 Å². The third-order valence-corrected chi connectivity index (χ3v) is 11.5. The summed E-state index contributed by atoms with van der Waals surface area (Å²) in [4.78, 5) is 7.14. The lowest BCUT2D eigenvalue weighted by Crippen LogP contribution is -2.12. The lowest BCUT2D eigenvalue weighted by molar-refractivity contribution is 0.670. The van der Waals surface area contributed by atoms with Crippen LogP contribution in [0.5, 0.6) is 0 Å². The Labute approximate surface area is 330 Å². The molecule has 10 aromatic rings. The number of hydrogen-bond acceptors (Lipinski definition) is 4. The Balaban J connectivity index is 1.03. The van der Waals surface area contributed by atoms with Crippen LogP contribution < -0.4 is 9.80 Å². The summed E-state index contributed by atoms with van der Waals surface area (Å²) in [6, 6.07) is 77.4. The summed E-state index contributed by atoms with van der Waals surface area (Å²) in [5.41, 5.74) is 13.0. The molecular formula is C52H36N2OS. The molecule has 0 radical (unpaired) electrons. The number of benzene rings is 8. The molecule has 2 heterocycles. The highest BCUT2D eigenvalue weighted by Gasteiger charge is 2.18. The average Bonchev–Trinajstić information content (AvgIpc) is 3.92. The van der Waals surface area contributed by atoms with Crippen molar-refractivity contribution in [2.24, 2.45) is 0 Å². The predicted octanol–water partition coefficient (Wildman–Crippen LogP) is 15.6. The van der Waals surface area contributed by atoms with Crippen molar-refractivity contribution in [3.63, 3.8) is 0 Å². The molecule has 0 amide bonds. The predicted molar refractivity (Wildman–Crippen MR) is 237 cm³/mol. The quantitative estimate of drug-likeness (QED) is 0.147. The molecule has 0 aliphatic heterocycles. The van der Waals surface area contributed by atoms with Gasteiger partial charge < -0.3 is 14.2 Å². The van der Waals surface area contributed by atoms with Gasteiger partial charge in [0.15, 0.2) is 0 Å². The Hall–Kier alpha value is -7.14. The number of rotatable bonds is 9. The van der Waals surface area contributed by atoms with Crippen LogP contribution in [-0.2, 0) is 0 Å². The third kappa shape index (κ3) is 6.32. The summed E-state index contributed by atoms with van der Waals surface area (Å²) < 4.78 is 6.41. The van der Waals surface area contributed by atoms with Gasteiger partial charge in [0.2, 0.25) is 0 Å². The maximum absolute atomic E-state index is 6.41. The first kappa shape index (κ1) is 33.4. The van der Waals surface area contributed by atoms with Crippen LogP contribution in [-0.4, -0.2) is 0 Å². The maximum atomic E-state index is 6.41. The van der Waals surface area contributed by atoms with E-state index < -0.39 is 0 Å². The SMILES string of the molecule is c1ccc(-c2ccc(-c3ccc(N(c4ccc(-c5cccc6c5oc5ccccc56)cc4)c4ccc(N(c5ccccc5)c5ccccc5)cc4)cc3)s2)cc1. The topological polar surface area (TPSA) is 19.6 Å². The molecule has 0 spiro atoms. The lowest BCUT2D eigenvalue weighted by atomic mass is 10.0. The molecule has 266 valence electrons. The van der Waals surface area contributed by atoms with E-state index in [0.29, 0.717) is 0 Å². The molecule has 0 unspecified atom stereocenters. The third-order valence-electron chi connectivity index (χ3n) is 10.3. The van der Waals surface area contributed by atoms with Gasteiger partial charge in [-0.05, 0) is 108 Å². The van der Waals surface area contributed by atoms with Gasteiger partial charge >= 0.3 is 0 Å². The van der Waals surface area contributed by atoms with E-state index in [1.165, 1.54) is 20.9 Å². The van der Waals surface area contributed by atoms with Gasteiger partial charge in [0, 0.05) is 60.2 Å². The molecule has 2 aromatic heterocycles. The summed E-state index contributed by atoms with van der Waals surface area (Å²) in [6.45, 7) is 0. The molecule has 0 aliphatic rings. The van der Waals surface area contributed by atoms with Gasteiger partial charge in [-0.3, -0.25) is 0 Å². The first-order valence-electron chi connectivity index (χ1n) is 18.8. The number of anilines is 6. The van der Waals surface area contributed by atoms with Crippen molar-refractivity contribution in [2.75, 3.05) is 9.80 Å². The van der Waals surface area contributed by atoms with E-state index in [4.69, 9.17) is 4.42 Å². The zero-order valence-electron chi connectivity index (χ0n) is 30.5. The molecule has 0 bridgehead atoms. The monoisotopic (exact) mass is 736 g/mol. The van der Waals surface area contributed by atoms with Crippen molar-refractivity contribution < 1.29 is 4.42 Å². The molecule has 0 fully saturated rings. The molecule has 3 nitrogen and oxygen atoms in total. The fraction of sp³-hybridized carbons (Fsp3) is 0. The normalized spacial score (nSPS) is 11.2. The summed E-state index contributed by atoms with van der Waals surface area (Å²) in [5.74, 6) is 0. The summed E-state index contributed by atoms with van der Waals surface area (Å²) in [7, 11) is 0. The van der Waals surface area contributed by atoms with E-state index in [9.17, 15) is 0 Å². The van der Waals surface area contributed by atoms with Crippen molar-refractivity contribution in [1.29, 1.82) is 0 Å². The molecule has 4 heteroatoms. The van der Waals surface area contributed by atoms with Crippen LogP contribution in [0.15, 0.2) is 223 Å². The van der Waals surface area contributed by atoms with Gasteiger partial charge in [-0.15, -0.1) is 11.3 Å². The number of fused-ring (bicyclic) bond motifs is 3. The van der Waals surface area contributed by atoms with Crippen LogP contribution in [0.3, 0.4) is 0 Å². The van der Waals surface area contributed by atoms with Gasteiger partial charge in [-0.2, -0.15) is 0 Å². The zero-order chi connectivity index (χ0) is 37.3. The molecule has 0 saturated carbocycles. The average molecular weight is 737 g/mol. The zero-order valence-corrected chi connectivity index (χ0v) is 31.3. The fourth-order valence-corrected chi connectivity index (χ4v) is 8.61. The van der Waals surface area contributed by atoms with E-state index in [1.807, 2.05) is 23.5 Å². The Morgan fingerprint density at radius 3 is 1.27 bits per heavy atom. The molecular weight excluding hydrogens is 701 g/mol. The molecule has 0 saturated heterocycles. The smallest absolute Gasteiger partial charge is 0.143 e. The van der Waals surface area contributed by atoms with Gasteiger partial charge in [-0.1, -0.05) is 127 Å². The van der Waals surface area contributed by atoms with Gasteiger partial charge in [0.25, 0.3) is 0 Å². The minimum Gasteiger partial charge on any atom is -0.455 e. The minimum atomic E-state index is 0.904. The number of para-hydroxylation sites is 4. The standard InChI is InChI=1S/C52H36N2OS/c1-4-13-38(14-5-1)50-35-36-51(56-50)39-25-29-43(30-26-39)54(45-33-31-44(32-34-45)53(40-15-6-2-7-16-40)41-17-8-3-9-18-41)42-27-23-37(24-28-42)46-20-12-21-48-47-19-10-11-22-49(47)55-52(46)48/h1-36H. The Morgan fingerprint density at radius 1 is 0.304 bits per heavy atom. The number of thiophene rings is 1. The number of nitrogens with zero attached hydrogens (tertiary/aromatic N) is 2. The lowest BCUT2D eigenvalue weighted by Gasteiger charge is -2.28. The van der Waals surface area contributed by atoms with E-state index in [-0.39, 0.29) is 0 Å². The maximum Gasteiger partial charge on any atom is 0.143 e. The highest BCUT2D eigenvalue weighted by molar-refractivity contribution is 7.18. The van der Waals surface area contributed by atoms with Crippen LogP contribution in [0.25, 0.3) is 53.9 Å². The molecule has 0 atom stereocenters. The van der Waals surface area contributed by atoms with Crippen LogP contribution in [0.4, 0.5) is 34.1 Å². The Bertz CT molecular complexity index is 2840. The molecule has 0 aliphatic carbocycles. The molecule has 10 rings (SSSR count). The highest BCUT2D eigenvalue weighted by atomic mass is 32.1. The van der Waals surface area contributed by atoms with E-state index in [0.717, 1.165) is 67.2 Å². The Kier molecular flexibility index (Phi) is 8.71. The second-order valence-electron chi connectivity index (χ2n) is 13.8. The van der Waals surface area contributed by atoms with Crippen LogP contribution in [0.2, 0.25) is 0 Å². The summed E-state index contributed by atoms with van der Waals surface area (Å²) >= 11 is 1.82. The van der Waals surface area contributed by atoms with Crippen LogP contribution in [0, 0.1) is 0 Å². The van der Waals surface area contributed by atoms with E-state index in [2.05, 4.69) is 216 Å². The molecule has 56 heavy (non-hydrogen) atoms. The molecule has 0 N–H and O–H groups in total. The van der Waals surface area contributed by atoms with Crippen molar-refractivity contribution in [1.82, 2.24) is 0 Å². The number of furan rings is 1. The summed E-state index contributed by atoms with van der Waals surface area (Å²) in [6.07, 6.45) is 0. The van der Waals surface area contributed by atoms with E-state index in [1.54, 1.807) is 0 Å². The number of hydrogen-bond donors (Lipinski definition) is 0. The fourth-order valence-electron chi connectivity index (χ4n) is 7.59. The van der Waals surface area contributed by atoms with E-state index >= 15 is 0 Å². The van der Waals surface area contributed by atoms with Gasteiger partial charge in [0.05, 0.1) is 0 Å². The van der Waals surface area contributed by atoms with Gasteiger partial charge in [0.1, 0.15) is 11.2 Å². The summed E-state index contributed by atoms with van der Waals surface area (Å²) in [5, 5.41) is 2.27. The van der Waals surface area contributed by atoms with Gasteiger partial charge in [-0.25, -0.2) is 0 Å². The second-order valence-corrected chi connectivity index (χ2v) is 14.8. The highest BCUT2D eigenvalue weighted by Crippen LogP contribution is 2.42. The van der Waals surface area contributed by atoms with Crippen LogP contribution in [0.1, 0.15) is 0 Å². The first-order chi connectivity index (χ1) is 27.8. The van der Waals surface area contributed by atoms with Crippen molar-refractivity contribution in [3.05, 3.63) is 218 Å². The Morgan fingerprint density at radius 2 is 0.714 bits per heavy atom. The minimum absolute atomic E-state index is 0.904. The first-order valence-corrected chi connectivity index (χ1v) is 19.7. The second kappa shape index (κ2) is 14.6. The van der Waals surface area contributed by atoms with Crippen molar-refractivity contribution >= 4 is 67.4 Å². The molecule has 8 aromatic carbocycles.